The van der Waals surface area contributed by atoms with Crippen LogP contribution < -0.4 is 20.3 Å². The van der Waals surface area contributed by atoms with Gasteiger partial charge in [0.25, 0.3) is 11.8 Å². The Labute approximate surface area is 153 Å². The SMILES string of the molecule is O=C(NNC(=O)c1cc(Br)ccc1I)c1ccc2c(c1)OCO2. The third-order valence-corrected chi connectivity index (χ3v) is 4.53. The van der Waals surface area contributed by atoms with E-state index in [2.05, 4.69) is 49.4 Å². The van der Waals surface area contributed by atoms with Gasteiger partial charge in [-0.3, -0.25) is 20.4 Å². The summed E-state index contributed by atoms with van der Waals surface area (Å²) in [5.74, 6) is 0.256. The average Bonchev–Trinajstić information content (AvgIpc) is 3.02. The Balaban J connectivity index is 1.67. The molecule has 0 spiro atoms. The van der Waals surface area contributed by atoms with E-state index in [4.69, 9.17) is 9.47 Å². The molecule has 0 saturated carbocycles. The minimum Gasteiger partial charge on any atom is -0.454 e. The fourth-order valence-electron chi connectivity index (χ4n) is 1.96. The van der Waals surface area contributed by atoms with Gasteiger partial charge in [0, 0.05) is 13.6 Å². The number of amides is 2. The van der Waals surface area contributed by atoms with Crippen molar-refractivity contribution in [1.82, 2.24) is 10.9 Å². The van der Waals surface area contributed by atoms with Crippen LogP contribution >= 0.6 is 38.5 Å². The maximum absolute atomic E-state index is 12.1. The van der Waals surface area contributed by atoms with Crippen LogP contribution in [0.1, 0.15) is 20.7 Å². The van der Waals surface area contributed by atoms with Gasteiger partial charge >= 0.3 is 0 Å². The van der Waals surface area contributed by atoms with Gasteiger partial charge in [0.1, 0.15) is 0 Å². The number of carbonyl (C=O) groups is 2. The molecule has 0 aromatic heterocycles. The van der Waals surface area contributed by atoms with E-state index >= 15 is 0 Å². The molecule has 3 rings (SSSR count). The molecule has 2 amide bonds. The summed E-state index contributed by atoms with van der Waals surface area (Å²) in [5, 5.41) is 0. The van der Waals surface area contributed by atoms with Gasteiger partial charge in [-0.05, 0) is 59.0 Å². The Kier molecular flexibility index (Phi) is 4.71. The van der Waals surface area contributed by atoms with E-state index in [9.17, 15) is 9.59 Å². The van der Waals surface area contributed by atoms with E-state index < -0.39 is 11.8 Å². The summed E-state index contributed by atoms with van der Waals surface area (Å²) in [7, 11) is 0. The van der Waals surface area contributed by atoms with Crippen molar-refractivity contribution >= 4 is 50.3 Å². The van der Waals surface area contributed by atoms with Crippen LogP contribution in [0, 0.1) is 3.57 Å². The number of nitrogens with one attached hydrogen (secondary N) is 2. The molecule has 0 bridgehead atoms. The lowest BCUT2D eigenvalue weighted by Gasteiger charge is -2.09. The zero-order chi connectivity index (χ0) is 16.4. The Morgan fingerprint density at radius 2 is 1.74 bits per heavy atom. The molecular formula is C15H10BrIN2O4. The molecule has 8 heteroatoms. The fourth-order valence-corrected chi connectivity index (χ4v) is 2.90. The van der Waals surface area contributed by atoms with Gasteiger partial charge in [-0.15, -0.1) is 0 Å². The number of halogens is 2. The summed E-state index contributed by atoms with van der Waals surface area (Å²) >= 11 is 5.37. The van der Waals surface area contributed by atoms with Crippen molar-refractivity contribution in [3.05, 3.63) is 55.6 Å². The first-order valence-electron chi connectivity index (χ1n) is 6.50. The normalized spacial score (nSPS) is 11.9. The highest BCUT2D eigenvalue weighted by atomic mass is 127. The predicted octanol–water partition coefficient (Wildman–Crippen LogP) is 2.86. The second kappa shape index (κ2) is 6.75. The zero-order valence-electron chi connectivity index (χ0n) is 11.6. The summed E-state index contributed by atoms with van der Waals surface area (Å²) in [5.41, 5.74) is 5.60. The molecule has 1 aliphatic heterocycles. The molecule has 0 radical (unpaired) electrons. The molecule has 0 unspecified atom stereocenters. The Morgan fingerprint density at radius 3 is 2.57 bits per heavy atom. The second-order valence-electron chi connectivity index (χ2n) is 4.60. The van der Waals surface area contributed by atoms with E-state index in [1.54, 1.807) is 30.3 Å². The lowest BCUT2D eigenvalue weighted by molar-refractivity contribution is 0.0846. The van der Waals surface area contributed by atoms with Crippen LogP contribution in [0.3, 0.4) is 0 Å². The maximum Gasteiger partial charge on any atom is 0.270 e. The largest absolute Gasteiger partial charge is 0.454 e. The minimum atomic E-state index is -0.443. The smallest absolute Gasteiger partial charge is 0.270 e. The summed E-state index contributed by atoms with van der Waals surface area (Å²) in [6.07, 6.45) is 0. The maximum atomic E-state index is 12.1. The number of rotatable bonds is 2. The van der Waals surface area contributed by atoms with Gasteiger partial charge < -0.3 is 9.47 Å². The molecule has 0 atom stereocenters. The molecule has 0 aliphatic carbocycles. The lowest BCUT2D eigenvalue weighted by atomic mass is 10.2. The van der Waals surface area contributed by atoms with Gasteiger partial charge in [-0.25, -0.2) is 0 Å². The summed E-state index contributed by atoms with van der Waals surface area (Å²) in [6, 6.07) is 10.1. The highest BCUT2D eigenvalue weighted by molar-refractivity contribution is 14.1. The first-order chi connectivity index (χ1) is 11.0. The van der Waals surface area contributed by atoms with Crippen molar-refractivity contribution < 1.29 is 19.1 Å². The van der Waals surface area contributed by atoms with Crippen molar-refractivity contribution in [2.24, 2.45) is 0 Å². The molecular weight excluding hydrogens is 479 g/mol. The first kappa shape index (κ1) is 16.1. The van der Waals surface area contributed by atoms with Crippen LogP contribution in [-0.2, 0) is 0 Å². The number of hydrazine groups is 1. The van der Waals surface area contributed by atoms with E-state index in [1.807, 2.05) is 6.07 Å². The Morgan fingerprint density at radius 1 is 1.00 bits per heavy atom. The monoisotopic (exact) mass is 488 g/mol. The predicted molar refractivity (Wildman–Crippen MR) is 94.4 cm³/mol. The minimum absolute atomic E-state index is 0.137. The summed E-state index contributed by atoms with van der Waals surface area (Å²) in [6.45, 7) is 0.137. The first-order valence-corrected chi connectivity index (χ1v) is 8.37. The molecule has 1 heterocycles. The van der Waals surface area contributed by atoms with Crippen molar-refractivity contribution in [1.29, 1.82) is 0 Å². The number of fused-ring (bicyclic) bond motifs is 1. The molecule has 2 aromatic carbocycles. The summed E-state index contributed by atoms with van der Waals surface area (Å²) in [4.78, 5) is 24.2. The van der Waals surface area contributed by atoms with Crippen LogP contribution in [-0.4, -0.2) is 18.6 Å². The van der Waals surface area contributed by atoms with Crippen LogP contribution in [0.2, 0.25) is 0 Å². The molecule has 0 saturated heterocycles. The van der Waals surface area contributed by atoms with Crippen LogP contribution in [0.5, 0.6) is 11.5 Å². The molecule has 2 aromatic rings. The molecule has 1 aliphatic rings. The van der Waals surface area contributed by atoms with Crippen molar-refractivity contribution in [2.45, 2.75) is 0 Å². The molecule has 6 nitrogen and oxygen atoms in total. The van der Waals surface area contributed by atoms with E-state index in [0.29, 0.717) is 22.6 Å². The Bertz CT molecular complexity index is 797. The van der Waals surface area contributed by atoms with Crippen LogP contribution in [0.15, 0.2) is 40.9 Å². The fraction of sp³-hybridized carbons (Fsp3) is 0.0667. The highest BCUT2D eigenvalue weighted by Gasteiger charge is 2.17. The summed E-state index contributed by atoms with van der Waals surface area (Å²) < 4.78 is 12.0. The van der Waals surface area contributed by atoms with E-state index in [0.717, 1.165) is 8.04 Å². The van der Waals surface area contributed by atoms with E-state index in [-0.39, 0.29) is 6.79 Å². The number of benzene rings is 2. The number of ether oxygens (including phenoxy) is 2. The third-order valence-electron chi connectivity index (χ3n) is 3.10. The standard InChI is InChI=1S/C15H10BrIN2O4/c16-9-2-3-11(17)10(6-9)15(21)19-18-14(20)8-1-4-12-13(5-8)23-7-22-12/h1-6H,7H2,(H,18,20)(H,19,21). The quantitative estimate of drug-likeness (QED) is 0.503. The zero-order valence-corrected chi connectivity index (χ0v) is 15.3. The highest BCUT2D eigenvalue weighted by Crippen LogP contribution is 2.32. The number of hydrogen-bond acceptors (Lipinski definition) is 4. The number of hydrogen-bond donors (Lipinski definition) is 2. The van der Waals surface area contributed by atoms with Crippen LogP contribution in [0.4, 0.5) is 0 Å². The lowest BCUT2D eigenvalue weighted by Crippen LogP contribution is -2.41. The van der Waals surface area contributed by atoms with Gasteiger partial charge in [-0.2, -0.15) is 0 Å². The molecule has 23 heavy (non-hydrogen) atoms. The van der Waals surface area contributed by atoms with Gasteiger partial charge in [0.15, 0.2) is 11.5 Å². The van der Waals surface area contributed by atoms with Gasteiger partial charge in [0.2, 0.25) is 6.79 Å². The Hall–Kier alpha value is -1.81. The van der Waals surface area contributed by atoms with Crippen molar-refractivity contribution in [3.63, 3.8) is 0 Å². The van der Waals surface area contributed by atoms with E-state index in [1.165, 1.54) is 0 Å². The van der Waals surface area contributed by atoms with Crippen molar-refractivity contribution in [2.75, 3.05) is 6.79 Å². The molecule has 2 N–H and O–H groups in total. The van der Waals surface area contributed by atoms with Gasteiger partial charge in [-0.1, -0.05) is 15.9 Å². The third kappa shape index (κ3) is 3.58. The molecule has 0 fully saturated rings. The van der Waals surface area contributed by atoms with Gasteiger partial charge in [0.05, 0.1) is 5.56 Å². The molecule has 118 valence electrons. The van der Waals surface area contributed by atoms with Crippen LogP contribution in [0.25, 0.3) is 0 Å². The average molecular weight is 489 g/mol. The number of carbonyl (C=O) groups excluding carboxylic acids is 2. The topological polar surface area (TPSA) is 76.7 Å². The van der Waals surface area contributed by atoms with Crippen molar-refractivity contribution in [3.8, 4) is 11.5 Å². The second-order valence-corrected chi connectivity index (χ2v) is 6.68.